The first kappa shape index (κ1) is 30.2. The number of hydrogen-bond acceptors (Lipinski definition) is 5. The number of nitrogens with one attached hydrogen (secondary N) is 2. The Morgan fingerprint density at radius 3 is 2.24 bits per heavy atom. The van der Waals surface area contributed by atoms with Gasteiger partial charge in [0.25, 0.3) is 0 Å². The number of ether oxygens (including phenoxy) is 1. The van der Waals surface area contributed by atoms with Crippen LogP contribution in [0, 0.1) is 6.92 Å². The van der Waals surface area contributed by atoms with E-state index >= 15 is 0 Å². The van der Waals surface area contributed by atoms with Gasteiger partial charge in [-0.25, -0.2) is 4.79 Å². The molecule has 0 aliphatic carbocycles. The number of thioether (sulfide) groups is 1. The first-order valence-electron chi connectivity index (χ1n) is 12.7. The summed E-state index contributed by atoms with van der Waals surface area (Å²) in [4.78, 5) is 41.8. The van der Waals surface area contributed by atoms with Crippen molar-refractivity contribution in [2.75, 3.05) is 18.6 Å². The van der Waals surface area contributed by atoms with Gasteiger partial charge >= 0.3 is 6.09 Å². The molecule has 3 amide bonds. The number of amides is 3. The molecule has 37 heavy (non-hydrogen) atoms. The second-order valence-electron chi connectivity index (χ2n) is 10.0. The predicted molar refractivity (Wildman–Crippen MR) is 150 cm³/mol. The van der Waals surface area contributed by atoms with Gasteiger partial charge in [-0.3, -0.25) is 9.59 Å². The number of rotatable bonds is 12. The van der Waals surface area contributed by atoms with E-state index in [0.29, 0.717) is 31.7 Å². The molecule has 2 aromatic carbocycles. The summed E-state index contributed by atoms with van der Waals surface area (Å²) in [6.07, 6.45) is 2.38. The van der Waals surface area contributed by atoms with E-state index in [1.165, 1.54) is 0 Å². The Morgan fingerprint density at radius 2 is 1.68 bits per heavy atom. The Labute approximate surface area is 225 Å². The Balaban J connectivity index is 2.39. The lowest BCUT2D eigenvalue weighted by molar-refractivity contribution is -0.142. The van der Waals surface area contributed by atoms with Gasteiger partial charge < -0.3 is 20.3 Å². The van der Waals surface area contributed by atoms with Crippen LogP contribution in [-0.4, -0.2) is 53.0 Å². The average Bonchev–Trinajstić information content (AvgIpc) is 2.85. The predicted octanol–water partition coefficient (Wildman–Crippen LogP) is 5.24. The summed E-state index contributed by atoms with van der Waals surface area (Å²) >= 11 is 1.59. The van der Waals surface area contributed by atoms with Gasteiger partial charge in [-0.05, 0) is 63.7 Å². The molecule has 2 unspecified atom stereocenters. The molecule has 2 N–H and O–H groups in total. The Bertz CT molecular complexity index is 1010. The van der Waals surface area contributed by atoms with Crippen molar-refractivity contribution in [3.63, 3.8) is 0 Å². The molecule has 0 aliphatic rings. The van der Waals surface area contributed by atoms with Crippen molar-refractivity contribution in [1.29, 1.82) is 0 Å². The van der Waals surface area contributed by atoms with Crippen molar-refractivity contribution < 1.29 is 19.1 Å². The Morgan fingerprint density at radius 1 is 1.03 bits per heavy atom. The third kappa shape index (κ3) is 10.1. The minimum absolute atomic E-state index is 0.268. The summed E-state index contributed by atoms with van der Waals surface area (Å²) in [5.41, 5.74) is 2.06. The summed E-state index contributed by atoms with van der Waals surface area (Å²) in [5, 5.41) is 5.77. The molecular weight excluding hydrogens is 486 g/mol. The third-order valence-electron chi connectivity index (χ3n) is 5.61. The molecule has 7 nitrogen and oxygen atoms in total. The molecule has 2 rings (SSSR count). The van der Waals surface area contributed by atoms with Crippen LogP contribution in [0.15, 0.2) is 54.6 Å². The fourth-order valence-electron chi connectivity index (χ4n) is 3.85. The van der Waals surface area contributed by atoms with Gasteiger partial charge in [0.15, 0.2) is 0 Å². The zero-order valence-electron chi connectivity index (χ0n) is 22.9. The smallest absolute Gasteiger partial charge is 0.408 e. The molecule has 0 spiro atoms. The van der Waals surface area contributed by atoms with Crippen molar-refractivity contribution in [2.45, 2.75) is 71.7 Å². The first-order valence-corrected chi connectivity index (χ1v) is 14.1. The van der Waals surface area contributed by atoms with Crippen LogP contribution in [-0.2, 0) is 20.9 Å². The van der Waals surface area contributed by atoms with Crippen molar-refractivity contribution in [3.05, 3.63) is 71.3 Å². The summed E-state index contributed by atoms with van der Waals surface area (Å²) in [7, 11) is 0. The van der Waals surface area contributed by atoms with Gasteiger partial charge in [-0.1, -0.05) is 67.1 Å². The molecular formula is C29H41N3O4S. The largest absolute Gasteiger partial charge is 0.444 e. The van der Waals surface area contributed by atoms with Gasteiger partial charge in [0.1, 0.15) is 17.7 Å². The number of hydrogen-bond donors (Lipinski definition) is 2. The van der Waals surface area contributed by atoms with Gasteiger partial charge in [-0.2, -0.15) is 11.8 Å². The van der Waals surface area contributed by atoms with E-state index in [1.807, 2.05) is 74.7 Å². The lowest BCUT2D eigenvalue weighted by Gasteiger charge is -2.34. The first-order chi connectivity index (χ1) is 17.6. The van der Waals surface area contributed by atoms with Crippen molar-refractivity contribution in [2.24, 2.45) is 0 Å². The molecule has 8 heteroatoms. The second-order valence-corrected chi connectivity index (χ2v) is 11.0. The van der Waals surface area contributed by atoms with Crippen molar-refractivity contribution in [3.8, 4) is 0 Å². The standard InChI is InChI=1S/C29H41N3O4S/c1-7-18-32(27(34)24(17-19-37-6)31-28(35)36-29(3,4)5)25(23-15-13-21(2)14-16-23)26(33)30-20-22-11-9-8-10-12-22/h8-16,24-25H,7,17-20H2,1-6H3,(H,30,33)(H,31,35). The van der Waals surface area contributed by atoms with Gasteiger partial charge in [0.05, 0.1) is 0 Å². The highest BCUT2D eigenvalue weighted by Crippen LogP contribution is 2.24. The third-order valence-corrected chi connectivity index (χ3v) is 6.25. The molecule has 2 atom stereocenters. The quantitative estimate of drug-likeness (QED) is 0.394. The topological polar surface area (TPSA) is 87.7 Å². The summed E-state index contributed by atoms with van der Waals surface area (Å²) in [6, 6.07) is 15.6. The van der Waals surface area contributed by atoms with Crippen LogP contribution >= 0.6 is 11.8 Å². The van der Waals surface area contributed by atoms with Crippen LogP contribution in [0.3, 0.4) is 0 Å². The minimum atomic E-state index is -0.839. The van der Waals surface area contributed by atoms with Crippen molar-refractivity contribution >= 4 is 29.7 Å². The maximum absolute atomic E-state index is 14.0. The maximum atomic E-state index is 14.0. The fourth-order valence-corrected chi connectivity index (χ4v) is 4.33. The van der Waals surface area contributed by atoms with Gasteiger partial charge in [0, 0.05) is 13.1 Å². The molecule has 0 fully saturated rings. The number of nitrogens with zero attached hydrogens (tertiary/aromatic N) is 1. The fraction of sp³-hybridized carbons (Fsp3) is 0.483. The van der Waals surface area contributed by atoms with Crippen LogP contribution in [0.2, 0.25) is 0 Å². The molecule has 2 aromatic rings. The van der Waals surface area contributed by atoms with Gasteiger partial charge in [-0.15, -0.1) is 0 Å². The summed E-state index contributed by atoms with van der Waals surface area (Å²) < 4.78 is 5.42. The Kier molecular flexibility index (Phi) is 12.0. The number of aryl methyl sites for hydroxylation is 1. The van der Waals surface area contributed by atoms with E-state index in [1.54, 1.807) is 37.4 Å². The zero-order valence-corrected chi connectivity index (χ0v) is 23.7. The highest BCUT2D eigenvalue weighted by Gasteiger charge is 2.35. The normalized spacial score (nSPS) is 12.8. The van der Waals surface area contributed by atoms with E-state index < -0.39 is 23.8 Å². The highest BCUT2D eigenvalue weighted by atomic mass is 32.2. The monoisotopic (exact) mass is 527 g/mol. The molecule has 0 aromatic heterocycles. The summed E-state index contributed by atoms with van der Waals surface area (Å²) in [6.45, 7) is 9.99. The van der Waals surface area contributed by atoms with E-state index in [0.717, 1.165) is 16.7 Å². The second kappa shape index (κ2) is 14.7. The molecule has 0 radical (unpaired) electrons. The number of benzene rings is 2. The number of carbonyl (C=O) groups is 3. The molecule has 0 bridgehead atoms. The van der Waals surface area contributed by atoms with Crippen LogP contribution in [0.25, 0.3) is 0 Å². The van der Waals surface area contributed by atoms with Crippen molar-refractivity contribution in [1.82, 2.24) is 15.5 Å². The summed E-state index contributed by atoms with van der Waals surface area (Å²) in [5.74, 6) is 0.0965. The van der Waals surface area contributed by atoms with Crippen LogP contribution in [0.5, 0.6) is 0 Å². The number of alkyl carbamates (subject to hydrolysis) is 1. The SMILES string of the molecule is CCCN(C(=O)C(CCSC)NC(=O)OC(C)(C)C)C(C(=O)NCc1ccccc1)c1ccc(C)cc1. The van der Waals surface area contributed by atoms with E-state index in [-0.39, 0.29) is 11.8 Å². The zero-order chi connectivity index (χ0) is 27.4. The molecule has 0 saturated heterocycles. The van der Waals surface area contributed by atoms with Crippen LogP contribution < -0.4 is 10.6 Å². The Hall–Kier alpha value is -3.00. The molecule has 0 aliphatic heterocycles. The lowest BCUT2D eigenvalue weighted by atomic mass is 10.0. The van der Waals surface area contributed by atoms with E-state index in [2.05, 4.69) is 10.6 Å². The maximum Gasteiger partial charge on any atom is 0.408 e. The van der Waals surface area contributed by atoms with Crippen LogP contribution in [0.1, 0.15) is 63.3 Å². The number of carbonyl (C=O) groups excluding carboxylic acids is 3. The average molecular weight is 528 g/mol. The highest BCUT2D eigenvalue weighted by molar-refractivity contribution is 7.98. The van der Waals surface area contributed by atoms with Crippen LogP contribution in [0.4, 0.5) is 4.79 Å². The molecule has 0 saturated carbocycles. The van der Waals surface area contributed by atoms with E-state index in [4.69, 9.17) is 4.74 Å². The van der Waals surface area contributed by atoms with Gasteiger partial charge in [0.2, 0.25) is 11.8 Å². The van der Waals surface area contributed by atoms with E-state index in [9.17, 15) is 14.4 Å². The minimum Gasteiger partial charge on any atom is -0.444 e. The molecule has 0 heterocycles. The lowest BCUT2D eigenvalue weighted by Crippen LogP contribution is -2.53. The molecule has 202 valence electrons.